The van der Waals surface area contributed by atoms with Crippen LogP contribution in [-0.4, -0.2) is 16.2 Å². The Bertz CT molecular complexity index is 685. The predicted molar refractivity (Wildman–Crippen MR) is 72.7 cm³/mol. The van der Waals surface area contributed by atoms with Crippen LogP contribution in [0.4, 0.5) is 5.95 Å². The molecule has 0 spiro atoms. The summed E-state index contributed by atoms with van der Waals surface area (Å²) in [6.45, 7) is 0. The molecule has 0 fully saturated rings. The number of nitrogens with zero attached hydrogens (tertiary/aromatic N) is 3. The lowest BCUT2D eigenvalue weighted by Gasteiger charge is -2.08. The molecule has 5 heteroatoms. The predicted octanol–water partition coefficient (Wildman–Crippen LogP) is 1.70. The van der Waals surface area contributed by atoms with Gasteiger partial charge in [0.15, 0.2) is 0 Å². The fourth-order valence-corrected chi connectivity index (χ4v) is 1.82. The molecule has 2 heterocycles. The van der Waals surface area contributed by atoms with Gasteiger partial charge in [0, 0.05) is 11.6 Å². The quantitative estimate of drug-likeness (QED) is 0.791. The third-order valence-corrected chi connectivity index (χ3v) is 2.60. The second-order valence-electron chi connectivity index (χ2n) is 3.80. The van der Waals surface area contributed by atoms with Crippen molar-refractivity contribution in [3.8, 4) is 0 Å². The van der Waals surface area contributed by atoms with Gasteiger partial charge in [0.2, 0.25) is 5.95 Å². The molecular formula is C13H11N5. The normalized spacial score (nSPS) is 14.1. The molecule has 88 valence electrons. The van der Waals surface area contributed by atoms with Gasteiger partial charge in [-0.1, -0.05) is 24.3 Å². The molecule has 0 saturated carbocycles. The van der Waals surface area contributed by atoms with Crippen LogP contribution in [0.5, 0.6) is 0 Å². The van der Waals surface area contributed by atoms with Crippen molar-refractivity contribution in [2.75, 3.05) is 5.73 Å². The van der Waals surface area contributed by atoms with E-state index >= 15 is 0 Å². The number of nitrogen functional groups attached to an aromatic ring is 1. The molecule has 5 nitrogen and oxygen atoms in total. The molecule has 1 aliphatic rings. The monoisotopic (exact) mass is 237 g/mol. The Hall–Kier alpha value is -2.69. The first-order valence-electron chi connectivity index (χ1n) is 5.53. The van der Waals surface area contributed by atoms with Crippen LogP contribution in [0.1, 0.15) is 5.69 Å². The summed E-state index contributed by atoms with van der Waals surface area (Å²) >= 11 is 0. The van der Waals surface area contributed by atoms with Gasteiger partial charge in [-0.3, -0.25) is 5.43 Å². The highest BCUT2D eigenvalue weighted by atomic mass is 15.3. The first kappa shape index (κ1) is 10.5. The van der Waals surface area contributed by atoms with Crippen LogP contribution >= 0.6 is 0 Å². The number of hydrogen-bond acceptors (Lipinski definition) is 5. The highest BCUT2D eigenvalue weighted by molar-refractivity contribution is 5.91. The summed E-state index contributed by atoms with van der Waals surface area (Å²) in [4.78, 5) is 8.50. The lowest BCUT2D eigenvalue weighted by atomic mass is 10.1. The molecule has 0 unspecified atom stereocenters. The molecule has 0 bridgehead atoms. The second-order valence-corrected chi connectivity index (χ2v) is 3.80. The summed E-state index contributed by atoms with van der Waals surface area (Å²) in [5, 5.41) is 4.97. The number of benzene rings is 1. The SMILES string of the molecule is Nc1nc(C2=CC=CC=NN2)c2ccccc2n1. The van der Waals surface area contributed by atoms with E-state index in [1.165, 1.54) is 0 Å². The number of aromatic nitrogens is 2. The number of hydrogen-bond donors (Lipinski definition) is 2. The lowest BCUT2D eigenvalue weighted by molar-refractivity contribution is 0.990. The Labute approximate surface area is 104 Å². The zero-order chi connectivity index (χ0) is 12.4. The fourth-order valence-electron chi connectivity index (χ4n) is 1.82. The minimum atomic E-state index is 0.253. The summed E-state index contributed by atoms with van der Waals surface area (Å²) in [7, 11) is 0. The smallest absolute Gasteiger partial charge is 0.221 e. The van der Waals surface area contributed by atoms with Crippen molar-refractivity contribution in [3.63, 3.8) is 0 Å². The first-order chi connectivity index (χ1) is 8.84. The minimum Gasteiger partial charge on any atom is -0.368 e. The molecule has 0 amide bonds. The number of para-hydroxylation sites is 1. The van der Waals surface area contributed by atoms with Crippen molar-refractivity contribution in [2.45, 2.75) is 0 Å². The highest BCUT2D eigenvalue weighted by Gasteiger charge is 2.10. The number of fused-ring (bicyclic) bond motifs is 1. The van der Waals surface area contributed by atoms with E-state index in [1.807, 2.05) is 42.5 Å². The van der Waals surface area contributed by atoms with Crippen LogP contribution in [0.15, 0.2) is 47.6 Å². The first-order valence-corrected chi connectivity index (χ1v) is 5.53. The van der Waals surface area contributed by atoms with E-state index in [1.54, 1.807) is 6.21 Å². The summed E-state index contributed by atoms with van der Waals surface area (Å²) in [6, 6.07) is 7.74. The molecule has 3 rings (SSSR count). The molecule has 1 aliphatic heterocycles. The molecule has 0 radical (unpaired) electrons. The van der Waals surface area contributed by atoms with Gasteiger partial charge in [-0.25, -0.2) is 9.97 Å². The van der Waals surface area contributed by atoms with E-state index in [4.69, 9.17) is 5.73 Å². The van der Waals surface area contributed by atoms with Gasteiger partial charge < -0.3 is 5.73 Å². The minimum absolute atomic E-state index is 0.253. The van der Waals surface area contributed by atoms with Crippen molar-refractivity contribution in [1.82, 2.24) is 15.4 Å². The van der Waals surface area contributed by atoms with Gasteiger partial charge in [0.25, 0.3) is 0 Å². The molecule has 2 aromatic rings. The third kappa shape index (κ3) is 1.82. The summed E-state index contributed by atoms with van der Waals surface area (Å²) < 4.78 is 0. The molecule has 3 N–H and O–H groups in total. The van der Waals surface area contributed by atoms with E-state index in [9.17, 15) is 0 Å². The number of nitrogens with two attached hydrogens (primary N) is 1. The number of rotatable bonds is 1. The maximum Gasteiger partial charge on any atom is 0.221 e. The molecular weight excluding hydrogens is 226 g/mol. The number of anilines is 1. The standard InChI is InChI=1S/C13H11N5/c14-13-16-10-6-2-1-5-9(10)12(17-13)11-7-3-4-8-15-18-11/h1-8,18H,(H2,14,16,17). The third-order valence-electron chi connectivity index (χ3n) is 2.60. The number of nitrogens with one attached hydrogen (secondary N) is 1. The Balaban J connectivity index is 2.25. The van der Waals surface area contributed by atoms with Crippen LogP contribution in [0.2, 0.25) is 0 Å². The second kappa shape index (κ2) is 4.29. The van der Waals surface area contributed by atoms with Gasteiger partial charge in [0.1, 0.15) is 5.69 Å². The van der Waals surface area contributed by atoms with Crippen LogP contribution in [0, 0.1) is 0 Å². The van der Waals surface area contributed by atoms with Gasteiger partial charge in [-0.15, -0.1) is 0 Å². The molecule has 0 saturated heterocycles. The van der Waals surface area contributed by atoms with Crippen molar-refractivity contribution < 1.29 is 0 Å². The maximum absolute atomic E-state index is 5.74. The van der Waals surface area contributed by atoms with Gasteiger partial charge in [0.05, 0.1) is 11.2 Å². The zero-order valence-corrected chi connectivity index (χ0v) is 9.54. The van der Waals surface area contributed by atoms with Crippen LogP contribution in [0.25, 0.3) is 16.6 Å². The van der Waals surface area contributed by atoms with Crippen molar-refractivity contribution in [3.05, 3.63) is 48.2 Å². The van der Waals surface area contributed by atoms with E-state index in [2.05, 4.69) is 20.5 Å². The summed E-state index contributed by atoms with van der Waals surface area (Å²) in [5.74, 6) is 0.253. The van der Waals surface area contributed by atoms with Crippen LogP contribution < -0.4 is 11.2 Å². The number of allylic oxidation sites excluding steroid dienone is 3. The van der Waals surface area contributed by atoms with Gasteiger partial charge >= 0.3 is 0 Å². The topological polar surface area (TPSA) is 76.2 Å². The summed E-state index contributed by atoms with van der Waals surface area (Å²) in [6.07, 6.45) is 7.32. The van der Waals surface area contributed by atoms with Crippen LogP contribution in [0.3, 0.4) is 0 Å². The van der Waals surface area contributed by atoms with Crippen molar-refractivity contribution in [1.29, 1.82) is 0 Å². The lowest BCUT2D eigenvalue weighted by Crippen LogP contribution is -2.08. The van der Waals surface area contributed by atoms with E-state index < -0.39 is 0 Å². The molecule has 0 atom stereocenters. The Morgan fingerprint density at radius 2 is 1.94 bits per heavy atom. The highest BCUT2D eigenvalue weighted by Crippen LogP contribution is 2.22. The Kier molecular flexibility index (Phi) is 2.49. The Morgan fingerprint density at radius 1 is 1.06 bits per heavy atom. The van der Waals surface area contributed by atoms with Gasteiger partial charge in [-0.05, 0) is 18.2 Å². The fraction of sp³-hybridized carbons (Fsp3) is 0. The maximum atomic E-state index is 5.74. The van der Waals surface area contributed by atoms with Crippen molar-refractivity contribution in [2.24, 2.45) is 5.10 Å². The largest absolute Gasteiger partial charge is 0.368 e. The molecule has 1 aromatic carbocycles. The number of hydrazone groups is 1. The van der Waals surface area contributed by atoms with Gasteiger partial charge in [-0.2, -0.15) is 5.10 Å². The van der Waals surface area contributed by atoms with Crippen molar-refractivity contribution >= 4 is 28.8 Å². The Morgan fingerprint density at radius 3 is 2.89 bits per heavy atom. The average molecular weight is 237 g/mol. The average Bonchev–Trinajstić information content (AvgIpc) is 2.66. The van der Waals surface area contributed by atoms with E-state index in [0.717, 1.165) is 22.3 Å². The molecule has 0 aliphatic carbocycles. The van der Waals surface area contributed by atoms with Crippen LogP contribution in [-0.2, 0) is 0 Å². The zero-order valence-electron chi connectivity index (χ0n) is 9.54. The van der Waals surface area contributed by atoms with E-state index in [-0.39, 0.29) is 5.95 Å². The molecule has 1 aromatic heterocycles. The van der Waals surface area contributed by atoms with E-state index in [0.29, 0.717) is 0 Å². The molecule has 18 heavy (non-hydrogen) atoms. The summed E-state index contributed by atoms with van der Waals surface area (Å²) in [5.41, 5.74) is 11.0.